The number of hydrogen-bond donors (Lipinski definition) is 1. The van der Waals surface area contributed by atoms with Crippen LogP contribution in [0.5, 0.6) is 0 Å². The minimum absolute atomic E-state index is 0.206. The molecule has 0 spiro atoms. The Balaban J connectivity index is 2.33. The van der Waals surface area contributed by atoms with E-state index in [2.05, 4.69) is 12.2 Å². The van der Waals surface area contributed by atoms with Crippen molar-refractivity contribution < 1.29 is 9.53 Å². The molecule has 0 aromatic carbocycles. The Bertz CT molecular complexity index is 267. The lowest BCUT2D eigenvalue weighted by molar-refractivity contribution is -0.136. The van der Waals surface area contributed by atoms with Gasteiger partial charge in [0.25, 0.3) is 0 Å². The van der Waals surface area contributed by atoms with E-state index in [0.29, 0.717) is 6.04 Å². The van der Waals surface area contributed by atoms with Crippen molar-refractivity contribution in [2.24, 2.45) is 5.92 Å². The molecule has 0 saturated heterocycles. The van der Waals surface area contributed by atoms with Gasteiger partial charge in [-0.15, -0.1) is 0 Å². The summed E-state index contributed by atoms with van der Waals surface area (Å²) in [5, 5.41) is 3.48. The average Bonchev–Trinajstić information content (AvgIpc) is 2.87. The van der Waals surface area contributed by atoms with Crippen molar-refractivity contribution in [3.63, 3.8) is 0 Å². The summed E-state index contributed by atoms with van der Waals surface area (Å²) in [7, 11) is 1.43. The zero-order valence-electron chi connectivity index (χ0n) is 11.3. The molecule has 0 aromatic rings. The predicted octanol–water partition coefficient (Wildman–Crippen LogP) is 2.66. The smallest absolute Gasteiger partial charge is 0.333 e. The van der Waals surface area contributed by atoms with Gasteiger partial charge in [0.05, 0.1) is 7.11 Å². The summed E-state index contributed by atoms with van der Waals surface area (Å²) in [5.41, 5.74) is 0.763. The van der Waals surface area contributed by atoms with Crippen LogP contribution >= 0.6 is 0 Å². The van der Waals surface area contributed by atoms with Gasteiger partial charge in [-0.25, -0.2) is 4.79 Å². The fraction of sp³-hybridized carbons (Fsp3) is 0.786. The van der Waals surface area contributed by atoms with Crippen molar-refractivity contribution in [2.75, 3.05) is 13.7 Å². The first kappa shape index (κ1) is 14.2. The van der Waals surface area contributed by atoms with Crippen molar-refractivity contribution in [3.05, 3.63) is 11.6 Å². The predicted molar refractivity (Wildman–Crippen MR) is 69.8 cm³/mol. The molecule has 1 aliphatic carbocycles. The summed E-state index contributed by atoms with van der Waals surface area (Å²) in [6.07, 6.45) is 8.11. The molecule has 0 aliphatic heterocycles. The molecule has 1 atom stereocenters. The fourth-order valence-electron chi connectivity index (χ4n) is 2.50. The highest BCUT2D eigenvalue weighted by Crippen LogP contribution is 2.27. The van der Waals surface area contributed by atoms with Crippen molar-refractivity contribution in [1.82, 2.24) is 5.32 Å². The number of methoxy groups -OCH3 is 1. The van der Waals surface area contributed by atoms with E-state index < -0.39 is 0 Å². The van der Waals surface area contributed by atoms with Crippen LogP contribution in [0.4, 0.5) is 0 Å². The van der Waals surface area contributed by atoms with Gasteiger partial charge in [-0.3, -0.25) is 0 Å². The van der Waals surface area contributed by atoms with Crippen LogP contribution in [0.2, 0.25) is 0 Å². The molecule has 0 radical (unpaired) electrons. The van der Waals surface area contributed by atoms with E-state index in [-0.39, 0.29) is 5.97 Å². The van der Waals surface area contributed by atoms with Crippen LogP contribution in [0.3, 0.4) is 0 Å². The molecule has 1 N–H and O–H groups in total. The van der Waals surface area contributed by atoms with E-state index in [0.717, 1.165) is 24.5 Å². The molecule has 0 aromatic heterocycles. The molecule has 3 heteroatoms. The number of nitrogens with one attached hydrogen (secondary N) is 1. The zero-order valence-corrected chi connectivity index (χ0v) is 11.3. The normalized spacial score (nSPS) is 19.4. The van der Waals surface area contributed by atoms with Gasteiger partial charge in [0.15, 0.2) is 0 Å². The topological polar surface area (TPSA) is 38.3 Å². The van der Waals surface area contributed by atoms with Gasteiger partial charge in [-0.1, -0.05) is 25.8 Å². The Morgan fingerprint density at radius 3 is 2.65 bits per heavy atom. The molecule has 0 bridgehead atoms. The number of hydrogen-bond acceptors (Lipinski definition) is 3. The van der Waals surface area contributed by atoms with Crippen molar-refractivity contribution in [2.45, 2.75) is 52.0 Å². The largest absolute Gasteiger partial charge is 0.466 e. The molecule has 3 nitrogen and oxygen atoms in total. The quantitative estimate of drug-likeness (QED) is 0.572. The average molecular weight is 239 g/mol. The molecule has 1 fully saturated rings. The molecule has 17 heavy (non-hydrogen) atoms. The summed E-state index contributed by atoms with van der Waals surface area (Å²) in [5.74, 6) is 0.606. The third kappa shape index (κ3) is 4.50. The van der Waals surface area contributed by atoms with Crippen LogP contribution < -0.4 is 5.32 Å². The highest BCUT2D eigenvalue weighted by molar-refractivity contribution is 5.88. The molecule has 0 heterocycles. The summed E-state index contributed by atoms with van der Waals surface area (Å²) in [4.78, 5) is 11.4. The summed E-state index contributed by atoms with van der Waals surface area (Å²) in [6.45, 7) is 4.98. The Morgan fingerprint density at radius 2 is 2.12 bits per heavy atom. The van der Waals surface area contributed by atoms with Gasteiger partial charge in [0, 0.05) is 18.2 Å². The van der Waals surface area contributed by atoms with Crippen molar-refractivity contribution in [3.8, 4) is 0 Å². The molecule has 1 rings (SSSR count). The molecule has 0 unspecified atom stereocenters. The molecule has 1 saturated carbocycles. The highest BCUT2D eigenvalue weighted by atomic mass is 16.5. The van der Waals surface area contributed by atoms with Gasteiger partial charge in [0.2, 0.25) is 0 Å². The Hall–Kier alpha value is -0.830. The Kier molecular flexibility index (Phi) is 6.27. The van der Waals surface area contributed by atoms with Gasteiger partial charge in [-0.2, -0.15) is 0 Å². The number of rotatable bonds is 6. The first-order valence-electron chi connectivity index (χ1n) is 6.69. The van der Waals surface area contributed by atoms with Gasteiger partial charge < -0.3 is 10.1 Å². The lowest BCUT2D eigenvalue weighted by atomic mass is 10.00. The second-order valence-corrected chi connectivity index (χ2v) is 4.82. The van der Waals surface area contributed by atoms with Crippen LogP contribution in [-0.4, -0.2) is 25.7 Å². The first-order chi connectivity index (χ1) is 8.19. The summed E-state index contributed by atoms with van der Waals surface area (Å²) >= 11 is 0. The second-order valence-electron chi connectivity index (χ2n) is 4.82. The SMILES string of the molecule is CCC(=CCN[C@H](C)C1CCCC1)C(=O)OC. The maximum absolute atomic E-state index is 11.4. The zero-order chi connectivity index (χ0) is 12.7. The molecule has 0 amide bonds. The van der Waals surface area contributed by atoms with E-state index in [9.17, 15) is 4.79 Å². The van der Waals surface area contributed by atoms with E-state index >= 15 is 0 Å². The Morgan fingerprint density at radius 1 is 1.47 bits per heavy atom. The van der Waals surface area contributed by atoms with Crippen LogP contribution in [0.1, 0.15) is 46.0 Å². The van der Waals surface area contributed by atoms with Crippen LogP contribution in [0.25, 0.3) is 0 Å². The fourth-order valence-corrected chi connectivity index (χ4v) is 2.50. The van der Waals surface area contributed by atoms with Gasteiger partial charge >= 0.3 is 5.97 Å². The summed E-state index contributed by atoms with van der Waals surface area (Å²) in [6, 6.07) is 0.546. The number of carbonyl (C=O) groups is 1. The van der Waals surface area contributed by atoms with E-state index in [1.807, 2.05) is 13.0 Å². The van der Waals surface area contributed by atoms with Crippen LogP contribution in [0.15, 0.2) is 11.6 Å². The second kappa shape index (κ2) is 7.49. The van der Waals surface area contributed by atoms with Crippen LogP contribution in [-0.2, 0) is 9.53 Å². The number of ether oxygens (including phenoxy) is 1. The lowest BCUT2D eigenvalue weighted by Crippen LogP contribution is -2.32. The highest BCUT2D eigenvalue weighted by Gasteiger charge is 2.20. The standard InChI is InChI=1S/C14H25NO2/c1-4-12(14(16)17-3)9-10-15-11(2)13-7-5-6-8-13/h9,11,13,15H,4-8,10H2,1-3H3/t11-/m1/s1. The third-order valence-corrected chi connectivity index (χ3v) is 3.72. The molecule has 1 aliphatic rings. The maximum atomic E-state index is 11.4. The maximum Gasteiger partial charge on any atom is 0.333 e. The molecular formula is C14H25NO2. The molecular weight excluding hydrogens is 214 g/mol. The van der Waals surface area contributed by atoms with Crippen molar-refractivity contribution >= 4 is 5.97 Å². The monoisotopic (exact) mass is 239 g/mol. The summed E-state index contributed by atoms with van der Waals surface area (Å²) < 4.78 is 4.73. The minimum Gasteiger partial charge on any atom is -0.466 e. The van der Waals surface area contributed by atoms with Crippen LogP contribution in [0, 0.1) is 5.92 Å². The Labute approximate surface area is 105 Å². The first-order valence-corrected chi connectivity index (χ1v) is 6.69. The van der Waals surface area contributed by atoms with Gasteiger partial charge in [-0.05, 0) is 32.1 Å². The minimum atomic E-state index is -0.206. The van der Waals surface area contributed by atoms with Gasteiger partial charge in [0.1, 0.15) is 0 Å². The van der Waals surface area contributed by atoms with E-state index in [1.54, 1.807) is 0 Å². The number of esters is 1. The third-order valence-electron chi connectivity index (χ3n) is 3.72. The lowest BCUT2D eigenvalue weighted by Gasteiger charge is -2.19. The number of carbonyl (C=O) groups excluding carboxylic acids is 1. The van der Waals surface area contributed by atoms with E-state index in [4.69, 9.17) is 4.74 Å². The van der Waals surface area contributed by atoms with Crippen molar-refractivity contribution in [1.29, 1.82) is 0 Å². The molecule has 98 valence electrons. The van der Waals surface area contributed by atoms with E-state index in [1.165, 1.54) is 32.8 Å².